The van der Waals surface area contributed by atoms with Crippen molar-refractivity contribution < 1.29 is 26.4 Å². The lowest BCUT2D eigenvalue weighted by Crippen LogP contribution is -2.13. The molecular weight excluding hydrogens is 455 g/mol. The number of fused-ring (bicyclic) bond motifs is 1. The van der Waals surface area contributed by atoms with E-state index in [9.17, 15) is 31.6 Å². The molecule has 6 nitrogen and oxygen atoms in total. The number of amides is 1. The molecule has 1 heterocycles. The number of nitrogens with one attached hydrogen (secondary N) is 2. The van der Waals surface area contributed by atoms with Crippen LogP contribution in [0.15, 0.2) is 71.6 Å². The number of benzene rings is 3. The average Bonchev–Trinajstić information content (AvgIpc) is 3.08. The highest BCUT2D eigenvalue weighted by molar-refractivity contribution is 7.92. The molecule has 0 spiro atoms. The minimum atomic E-state index is -4.54. The van der Waals surface area contributed by atoms with Crippen LogP contribution in [0.2, 0.25) is 0 Å². The number of sulfonamides is 1. The van der Waals surface area contributed by atoms with Gasteiger partial charge in [-0.1, -0.05) is 18.2 Å². The van der Waals surface area contributed by atoms with Crippen molar-refractivity contribution in [2.24, 2.45) is 0 Å². The highest BCUT2D eigenvalue weighted by atomic mass is 32.2. The van der Waals surface area contributed by atoms with E-state index in [1.807, 2.05) is 6.07 Å². The molecular formula is C23H14F3N3O3S. The Bertz CT molecular complexity index is 1440. The molecule has 0 atom stereocenters. The van der Waals surface area contributed by atoms with Gasteiger partial charge in [0.25, 0.3) is 15.9 Å². The van der Waals surface area contributed by atoms with Crippen LogP contribution in [-0.2, 0) is 21.0 Å². The Balaban J connectivity index is 1.68. The van der Waals surface area contributed by atoms with Gasteiger partial charge in [0.05, 0.1) is 22.1 Å². The second-order valence-electron chi connectivity index (χ2n) is 7.10. The fraction of sp³-hybridized carbons (Fsp3) is 0.0435. The fourth-order valence-electron chi connectivity index (χ4n) is 3.30. The summed E-state index contributed by atoms with van der Waals surface area (Å²) in [4.78, 5) is 12.3. The molecule has 10 heteroatoms. The number of halogens is 3. The summed E-state index contributed by atoms with van der Waals surface area (Å²) in [5.41, 5.74) is 0.793. The van der Waals surface area contributed by atoms with Crippen molar-refractivity contribution in [2.45, 2.75) is 11.1 Å². The van der Waals surface area contributed by atoms with Gasteiger partial charge in [-0.2, -0.15) is 18.4 Å². The summed E-state index contributed by atoms with van der Waals surface area (Å²) >= 11 is 0. The lowest BCUT2D eigenvalue weighted by Gasteiger charge is -2.11. The summed E-state index contributed by atoms with van der Waals surface area (Å²) in [6.07, 6.45) is -3.04. The molecule has 0 aliphatic carbocycles. The summed E-state index contributed by atoms with van der Waals surface area (Å²) in [5.74, 6) is -0.456. The van der Waals surface area contributed by atoms with Crippen LogP contribution in [0.1, 0.15) is 22.3 Å². The molecule has 0 bridgehead atoms. The first-order valence-corrected chi connectivity index (χ1v) is 10.9. The second kappa shape index (κ2) is 8.11. The standard InChI is InChI=1S/C23H14F3N3O3S/c24-23(25,26)16-5-7-17(8-6-16)29-33(31,32)18-9-10-21-19(12-18)20(22(30)28-21)11-14-3-1-2-4-15(14)13-27/h1-12,29H,(H,28,30). The summed E-state index contributed by atoms with van der Waals surface area (Å²) in [6, 6.07) is 16.2. The lowest BCUT2D eigenvalue weighted by atomic mass is 10.0. The lowest BCUT2D eigenvalue weighted by molar-refractivity contribution is -0.137. The van der Waals surface area contributed by atoms with E-state index in [0.29, 0.717) is 22.4 Å². The smallest absolute Gasteiger partial charge is 0.321 e. The SMILES string of the molecule is N#Cc1ccccc1C=C1C(=O)Nc2ccc(S(=O)(=O)Nc3ccc(C(F)(F)F)cc3)cc21. The zero-order chi connectivity index (χ0) is 23.8. The Morgan fingerprint density at radius 3 is 2.36 bits per heavy atom. The van der Waals surface area contributed by atoms with Crippen LogP contribution in [0.25, 0.3) is 11.6 Å². The molecule has 166 valence electrons. The van der Waals surface area contributed by atoms with Gasteiger partial charge in [-0.25, -0.2) is 8.42 Å². The maximum atomic E-state index is 12.8. The Kier molecular flexibility index (Phi) is 5.43. The van der Waals surface area contributed by atoms with Crippen LogP contribution in [-0.4, -0.2) is 14.3 Å². The maximum Gasteiger partial charge on any atom is 0.416 e. The Morgan fingerprint density at radius 1 is 1.00 bits per heavy atom. The number of hydrogen-bond donors (Lipinski definition) is 2. The topological polar surface area (TPSA) is 99.1 Å². The van der Waals surface area contributed by atoms with Gasteiger partial charge in [-0.05, 0) is 60.2 Å². The number of nitrogens with zero attached hydrogens (tertiary/aromatic N) is 1. The van der Waals surface area contributed by atoms with Gasteiger partial charge in [0.1, 0.15) is 0 Å². The second-order valence-corrected chi connectivity index (χ2v) is 8.78. The first-order valence-electron chi connectivity index (χ1n) is 9.45. The van der Waals surface area contributed by atoms with Crippen LogP contribution in [0.4, 0.5) is 24.5 Å². The van der Waals surface area contributed by atoms with Crippen LogP contribution in [0.5, 0.6) is 0 Å². The van der Waals surface area contributed by atoms with Crippen LogP contribution < -0.4 is 10.0 Å². The molecule has 1 amide bonds. The number of hydrogen-bond acceptors (Lipinski definition) is 4. The third-order valence-corrected chi connectivity index (χ3v) is 6.31. The minimum absolute atomic E-state index is 0.0450. The predicted octanol–water partition coefficient (Wildman–Crippen LogP) is 4.87. The van der Waals surface area contributed by atoms with Crippen molar-refractivity contribution in [3.63, 3.8) is 0 Å². The largest absolute Gasteiger partial charge is 0.416 e. The number of carbonyl (C=O) groups is 1. The van der Waals surface area contributed by atoms with Gasteiger partial charge in [0.2, 0.25) is 0 Å². The van der Waals surface area contributed by atoms with E-state index in [1.54, 1.807) is 24.3 Å². The van der Waals surface area contributed by atoms with E-state index in [0.717, 1.165) is 24.3 Å². The first kappa shape index (κ1) is 22.1. The zero-order valence-corrected chi connectivity index (χ0v) is 17.5. The van der Waals surface area contributed by atoms with Gasteiger partial charge in [-0.3, -0.25) is 9.52 Å². The minimum Gasteiger partial charge on any atom is -0.321 e. The fourth-order valence-corrected chi connectivity index (χ4v) is 4.38. The highest BCUT2D eigenvalue weighted by Gasteiger charge is 2.30. The zero-order valence-electron chi connectivity index (χ0n) is 16.6. The average molecular weight is 469 g/mol. The molecule has 0 radical (unpaired) electrons. The molecule has 1 aliphatic heterocycles. The molecule has 2 N–H and O–H groups in total. The molecule has 4 rings (SSSR count). The third-order valence-electron chi connectivity index (χ3n) is 4.93. The number of alkyl halides is 3. The van der Waals surface area contributed by atoms with Gasteiger partial charge < -0.3 is 5.32 Å². The predicted molar refractivity (Wildman–Crippen MR) is 116 cm³/mol. The Labute approximate surface area is 187 Å². The van der Waals surface area contributed by atoms with Crippen molar-refractivity contribution in [1.29, 1.82) is 5.26 Å². The Morgan fingerprint density at radius 2 is 1.70 bits per heavy atom. The molecule has 33 heavy (non-hydrogen) atoms. The Hall–Kier alpha value is -4.10. The van der Waals surface area contributed by atoms with Crippen LogP contribution in [0.3, 0.4) is 0 Å². The van der Waals surface area contributed by atoms with E-state index in [1.165, 1.54) is 24.3 Å². The third kappa shape index (κ3) is 4.44. The van der Waals surface area contributed by atoms with Crippen molar-refractivity contribution in [3.8, 4) is 6.07 Å². The normalized spacial score (nSPS) is 14.5. The van der Waals surface area contributed by atoms with Crippen LogP contribution >= 0.6 is 0 Å². The molecule has 0 saturated heterocycles. The van der Waals surface area contributed by atoms with Gasteiger partial charge in [0.15, 0.2) is 0 Å². The summed E-state index contributed by atoms with van der Waals surface area (Å²) in [5, 5.41) is 11.9. The molecule has 0 fully saturated rings. The van der Waals surface area contributed by atoms with Gasteiger partial charge in [0, 0.05) is 22.5 Å². The molecule has 3 aromatic rings. The first-order chi connectivity index (χ1) is 15.6. The number of nitriles is 1. The van der Waals surface area contributed by atoms with E-state index in [-0.39, 0.29) is 16.2 Å². The van der Waals surface area contributed by atoms with E-state index in [2.05, 4.69) is 10.0 Å². The molecule has 0 saturated carbocycles. The van der Waals surface area contributed by atoms with E-state index < -0.39 is 27.7 Å². The number of carbonyl (C=O) groups excluding carboxylic acids is 1. The van der Waals surface area contributed by atoms with E-state index >= 15 is 0 Å². The van der Waals surface area contributed by atoms with Crippen molar-refractivity contribution in [2.75, 3.05) is 10.0 Å². The van der Waals surface area contributed by atoms with E-state index in [4.69, 9.17) is 0 Å². The molecule has 1 aliphatic rings. The maximum absolute atomic E-state index is 12.8. The van der Waals surface area contributed by atoms with Gasteiger partial charge >= 0.3 is 6.18 Å². The quantitative estimate of drug-likeness (QED) is 0.533. The van der Waals surface area contributed by atoms with Crippen LogP contribution in [0, 0.1) is 11.3 Å². The number of anilines is 2. The summed E-state index contributed by atoms with van der Waals surface area (Å²) in [6.45, 7) is 0. The van der Waals surface area contributed by atoms with Crippen molar-refractivity contribution >= 4 is 39.0 Å². The monoisotopic (exact) mass is 469 g/mol. The molecule has 0 aromatic heterocycles. The van der Waals surface area contributed by atoms with Gasteiger partial charge in [-0.15, -0.1) is 0 Å². The van der Waals surface area contributed by atoms with Crippen molar-refractivity contribution in [3.05, 3.63) is 89.0 Å². The van der Waals surface area contributed by atoms with Crippen molar-refractivity contribution in [1.82, 2.24) is 0 Å². The number of rotatable bonds is 4. The highest BCUT2D eigenvalue weighted by Crippen LogP contribution is 2.36. The molecule has 0 unspecified atom stereocenters. The summed E-state index contributed by atoms with van der Waals surface area (Å²) < 4.78 is 66.1. The molecule has 3 aromatic carbocycles. The summed E-state index contributed by atoms with van der Waals surface area (Å²) in [7, 11) is -4.16.